The lowest BCUT2D eigenvalue weighted by Gasteiger charge is -2.21. The van der Waals surface area contributed by atoms with Crippen LogP contribution in [0.3, 0.4) is 0 Å². The zero-order chi connectivity index (χ0) is 17.4. The van der Waals surface area contributed by atoms with Crippen molar-refractivity contribution in [2.45, 2.75) is 11.8 Å². The first-order chi connectivity index (χ1) is 12.1. The molecule has 1 heterocycles. The summed E-state index contributed by atoms with van der Waals surface area (Å²) in [4.78, 5) is 4.81. The molecule has 0 amide bonds. The van der Waals surface area contributed by atoms with Gasteiger partial charge in [0.25, 0.3) is 10.0 Å². The molecule has 1 aliphatic heterocycles. The number of sulfonamides is 1. The van der Waals surface area contributed by atoms with Crippen LogP contribution in [0.15, 0.2) is 76.6 Å². The van der Waals surface area contributed by atoms with Gasteiger partial charge in [-0.15, -0.1) is 0 Å². The summed E-state index contributed by atoms with van der Waals surface area (Å²) in [7, 11) is -3.62. The lowest BCUT2D eigenvalue weighted by atomic mass is 10.0. The maximum absolute atomic E-state index is 13.1. The number of hydrogen-bond acceptors (Lipinski definition) is 3. The van der Waals surface area contributed by atoms with Crippen LogP contribution in [-0.2, 0) is 10.0 Å². The summed E-state index contributed by atoms with van der Waals surface area (Å²) in [6.45, 7) is 2.79. The third kappa shape index (κ3) is 2.70. The van der Waals surface area contributed by atoms with Crippen molar-refractivity contribution in [1.82, 2.24) is 4.31 Å². The van der Waals surface area contributed by atoms with Gasteiger partial charge in [-0.1, -0.05) is 60.2 Å². The maximum Gasteiger partial charge on any atom is 0.265 e. The molecule has 5 heteroatoms. The molecule has 0 radical (unpaired) electrons. The third-order valence-electron chi connectivity index (χ3n) is 4.44. The van der Waals surface area contributed by atoms with E-state index in [0.717, 1.165) is 21.9 Å². The molecule has 25 heavy (non-hydrogen) atoms. The number of amidine groups is 1. The van der Waals surface area contributed by atoms with Crippen LogP contribution < -0.4 is 0 Å². The van der Waals surface area contributed by atoms with Crippen molar-refractivity contribution in [1.29, 1.82) is 0 Å². The normalized spacial score (nSPS) is 14.8. The van der Waals surface area contributed by atoms with Crippen LogP contribution in [0.5, 0.6) is 0 Å². The molecule has 1 aliphatic rings. The van der Waals surface area contributed by atoms with Crippen LogP contribution in [0.25, 0.3) is 10.8 Å². The fraction of sp³-hybridized carbons (Fsp3) is 0.150. The van der Waals surface area contributed by atoms with E-state index in [9.17, 15) is 8.42 Å². The minimum absolute atomic E-state index is 0.299. The highest BCUT2D eigenvalue weighted by Crippen LogP contribution is 2.26. The first kappa shape index (κ1) is 15.8. The summed E-state index contributed by atoms with van der Waals surface area (Å²) in [5.41, 5.74) is 1.88. The molecule has 0 spiro atoms. The number of aryl methyl sites for hydroxylation is 1. The fourth-order valence-electron chi connectivity index (χ4n) is 3.14. The van der Waals surface area contributed by atoms with Crippen LogP contribution in [0.4, 0.5) is 0 Å². The Morgan fingerprint density at radius 2 is 1.64 bits per heavy atom. The van der Waals surface area contributed by atoms with Crippen LogP contribution in [0.2, 0.25) is 0 Å². The zero-order valence-corrected chi connectivity index (χ0v) is 14.7. The molecule has 0 saturated carbocycles. The molecule has 3 aromatic carbocycles. The van der Waals surface area contributed by atoms with Crippen molar-refractivity contribution >= 4 is 26.6 Å². The van der Waals surface area contributed by atoms with Gasteiger partial charge in [-0.25, -0.2) is 12.7 Å². The second kappa shape index (κ2) is 6.01. The fourth-order valence-corrected chi connectivity index (χ4v) is 4.58. The highest BCUT2D eigenvalue weighted by Gasteiger charge is 2.31. The van der Waals surface area contributed by atoms with E-state index >= 15 is 0 Å². The average molecular weight is 350 g/mol. The standard InChI is InChI=1S/C20H18N2O2S/c1-15-9-11-17(12-10-15)25(23,24)22-14-13-21-20(22)19-8-4-6-16-5-2-3-7-18(16)19/h2-12H,13-14H2,1H3. The van der Waals surface area contributed by atoms with Crippen molar-refractivity contribution in [3.05, 3.63) is 77.9 Å². The van der Waals surface area contributed by atoms with E-state index in [1.807, 2.05) is 61.5 Å². The number of rotatable bonds is 3. The second-order valence-electron chi connectivity index (χ2n) is 6.12. The molecule has 4 nitrogen and oxygen atoms in total. The Morgan fingerprint density at radius 1 is 0.920 bits per heavy atom. The highest BCUT2D eigenvalue weighted by molar-refractivity contribution is 7.89. The Kier molecular flexibility index (Phi) is 3.81. The van der Waals surface area contributed by atoms with Crippen molar-refractivity contribution in [3.8, 4) is 0 Å². The van der Waals surface area contributed by atoms with Gasteiger partial charge in [-0.05, 0) is 29.8 Å². The van der Waals surface area contributed by atoms with E-state index in [1.165, 1.54) is 4.31 Å². The molecule has 3 aromatic rings. The minimum atomic E-state index is -3.62. The molecule has 0 unspecified atom stereocenters. The van der Waals surface area contributed by atoms with E-state index in [2.05, 4.69) is 4.99 Å². The van der Waals surface area contributed by atoms with Gasteiger partial charge in [0.2, 0.25) is 0 Å². The van der Waals surface area contributed by atoms with Gasteiger partial charge in [0, 0.05) is 5.56 Å². The third-order valence-corrected chi connectivity index (χ3v) is 6.24. The Morgan fingerprint density at radius 3 is 2.44 bits per heavy atom. The summed E-state index contributed by atoms with van der Waals surface area (Å²) >= 11 is 0. The minimum Gasteiger partial charge on any atom is -0.265 e. The lowest BCUT2D eigenvalue weighted by molar-refractivity contribution is 0.538. The van der Waals surface area contributed by atoms with Gasteiger partial charge >= 0.3 is 0 Å². The molecule has 4 rings (SSSR count). The van der Waals surface area contributed by atoms with Crippen LogP contribution >= 0.6 is 0 Å². The van der Waals surface area contributed by atoms with Gasteiger partial charge in [0.05, 0.1) is 18.0 Å². The number of nitrogens with zero attached hydrogens (tertiary/aromatic N) is 2. The summed E-state index contributed by atoms with van der Waals surface area (Å²) in [5.74, 6) is 0.525. The molecule has 0 saturated heterocycles. The van der Waals surface area contributed by atoms with Gasteiger partial charge in [0.1, 0.15) is 5.84 Å². The molecular weight excluding hydrogens is 332 g/mol. The number of aliphatic imine (C=N–C) groups is 1. The first-order valence-electron chi connectivity index (χ1n) is 8.19. The number of hydrogen-bond donors (Lipinski definition) is 0. The molecule has 0 aromatic heterocycles. The van der Waals surface area contributed by atoms with Gasteiger partial charge in [0.15, 0.2) is 0 Å². The first-order valence-corrected chi connectivity index (χ1v) is 9.63. The van der Waals surface area contributed by atoms with Crippen molar-refractivity contribution in [2.75, 3.05) is 13.1 Å². The average Bonchev–Trinajstić information content (AvgIpc) is 3.12. The Labute approximate surface area is 147 Å². The van der Waals surface area contributed by atoms with E-state index < -0.39 is 10.0 Å². The van der Waals surface area contributed by atoms with E-state index in [-0.39, 0.29) is 0 Å². The molecular formula is C20H18N2O2S. The summed E-state index contributed by atoms with van der Waals surface area (Å²) in [6, 6.07) is 20.8. The predicted molar refractivity (Wildman–Crippen MR) is 100 cm³/mol. The van der Waals surface area contributed by atoms with Crippen LogP contribution in [0, 0.1) is 6.92 Å². The smallest absolute Gasteiger partial charge is 0.265 e. The van der Waals surface area contributed by atoms with E-state index in [1.54, 1.807) is 12.1 Å². The summed E-state index contributed by atoms with van der Waals surface area (Å²) in [6.07, 6.45) is 0. The van der Waals surface area contributed by atoms with Gasteiger partial charge in [-0.3, -0.25) is 4.99 Å². The monoisotopic (exact) mass is 350 g/mol. The zero-order valence-electron chi connectivity index (χ0n) is 13.9. The largest absolute Gasteiger partial charge is 0.265 e. The molecule has 0 bridgehead atoms. The van der Waals surface area contributed by atoms with E-state index in [0.29, 0.717) is 23.8 Å². The SMILES string of the molecule is Cc1ccc(S(=O)(=O)N2CCN=C2c2cccc3ccccc23)cc1. The predicted octanol–water partition coefficient (Wildman–Crippen LogP) is 3.60. The van der Waals surface area contributed by atoms with Crippen molar-refractivity contribution < 1.29 is 8.42 Å². The lowest BCUT2D eigenvalue weighted by Crippen LogP contribution is -2.35. The van der Waals surface area contributed by atoms with Crippen LogP contribution in [-0.4, -0.2) is 31.6 Å². The highest BCUT2D eigenvalue weighted by atomic mass is 32.2. The quantitative estimate of drug-likeness (QED) is 0.725. The Hall–Kier alpha value is -2.66. The summed E-state index contributed by atoms with van der Waals surface area (Å²) in [5, 5.41) is 2.08. The Bertz CT molecular complexity index is 1070. The summed E-state index contributed by atoms with van der Waals surface area (Å²) < 4.78 is 27.7. The molecule has 0 atom stereocenters. The topological polar surface area (TPSA) is 49.7 Å². The second-order valence-corrected chi connectivity index (χ2v) is 7.98. The van der Waals surface area contributed by atoms with Crippen molar-refractivity contribution in [3.63, 3.8) is 0 Å². The number of fused-ring (bicyclic) bond motifs is 1. The molecule has 126 valence electrons. The molecule has 0 aliphatic carbocycles. The van der Waals surface area contributed by atoms with Crippen LogP contribution in [0.1, 0.15) is 11.1 Å². The van der Waals surface area contributed by atoms with Crippen molar-refractivity contribution in [2.24, 2.45) is 4.99 Å². The molecule has 0 N–H and O–H groups in total. The molecule has 0 fully saturated rings. The Balaban J connectivity index is 1.82. The van der Waals surface area contributed by atoms with Gasteiger partial charge < -0.3 is 0 Å². The van der Waals surface area contributed by atoms with E-state index in [4.69, 9.17) is 0 Å². The number of benzene rings is 3. The maximum atomic E-state index is 13.1. The van der Waals surface area contributed by atoms with Gasteiger partial charge in [-0.2, -0.15) is 0 Å².